The zero-order chi connectivity index (χ0) is 14.4. The topological polar surface area (TPSA) is 64.7 Å². The van der Waals surface area contributed by atoms with Gasteiger partial charge in [-0.1, -0.05) is 15.9 Å². The molecule has 2 heterocycles. The number of nitrogens with zero attached hydrogens (tertiary/aromatic N) is 3. The lowest BCUT2D eigenvalue weighted by Crippen LogP contribution is -1.98. The van der Waals surface area contributed by atoms with E-state index < -0.39 is 0 Å². The lowest BCUT2D eigenvalue weighted by atomic mass is 10.2. The Balaban J connectivity index is 2.32. The Bertz CT molecular complexity index is 829. The monoisotopic (exact) mass is 412 g/mol. The molecular weight excluding hydrogens is 404 g/mol. The van der Waals surface area contributed by atoms with E-state index in [2.05, 4.69) is 46.8 Å². The van der Waals surface area contributed by atoms with Gasteiger partial charge in [-0.05, 0) is 41.9 Å². The molecule has 0 bridgehead atoms. The smallest absolute Gasteiger partial charge is 0.174 e. The van der Waals surface area contributed by atoms with Crippen molar-refractivity contribution in [2.75, 3.05) is 5.73 Å². The molecule has 0 radical (unpaired) electrons. The lowest BCUT2D eigenvalue weighted by molar-refractivity contribution is 1.18. The molecule has 102 valence electrons. The van der Waals surface area contributed by atoms with Crippen LogP contribution in [0.25, 0.3) is 21.6 Å². The molecule has 0 spiro atoms. The maximum atomic E-state index is 6.08. The van der Waals surface area contributed by atoms with Crippen molar-refractivity contribution < 1.29 is 0 Å². The third kappa shape index (κ3) is 2.34. The fraction of sp³-hybridized carbons (Fsp3) is 0.154. The summed E-state index contributed by atoms with van der Waals surface area (Å²) >= 11 is 8.55. The lowest BCUT2D eigenvalue weighted by Gasteiger charge is -2.07. The summed E-state index contributed by atoms with van der Waals surface area (Å²) in [6.07, 6.45) is 0. The first kappa shape index (κ1) is 13.9. The second-order valence-electron chi connectivity index (χ2n) is 4.36. The number of aryl methyl sites for hydroxylation is 2. The molecule has 3 aromatic rings. The maximum Gasteiger partial charge on any atom is 0.174 e. The maximum absolute atomic E-state index is 6.08. The van der Waals surface area contributed by atoms with Gasteiger partial charge in [0, 0.05) is 14.3 Å². The van der Waals surface area contributed by atoms with Gasteiger partial charge in [0.1, 0.15) is 5.82 Å². The molecular formula is C13H10Br2N4S. The molecule has 0 aliphatic carbocycles. The first-order chi connectivity index (χ1) is 9.45. The molecule has 20 heavy (non-hydrogen) atoms. The zero-order valence-corrected chi connectivity index (χ0v) is 14.7. The van der Waals surface area contributed by atoms with Crippen LogP contribution in [0.3, 0.4) is 0 Å². The largest absolute Gasteiger partial charge is 0.383 e. The summed E-state index contributed by atoms with van der Waals surface area (Å²) in [6.45, 7) is 3.93. The van der Waals surface area contributed by atoms with Crippen LogP contribution in [-0.2, 0) is 0 Å². The summed E-state index contributed by atoms with van der Waals surface area (Å²) in [6, 6.07) is 3.87. The molecule has 0 saturated heterocycles. The van der Waals surface area contributed by atoms with Gasteiger partial charge in [0.05, 0.1) is 21.1 Å². The van der Waals surface area contributed by atoms with E-state index in [1.165, 1.54) is 0 Å². The summed E-state index contributed by atoms with van der Waals surface area (Å²) in [5.74, 6) is 1.10. The van der Waals surface area contributed by atoms with Crippen LogP contribution in [0, 0.1) is 13.8 Å². The molecule has 0 amide bonds. The molecule has 0 unspecified atom stereocenters. The van der Waals surface area contributed by atoms with E-state index in [9.17, 15) is 0 Å². The molecule has 0 fully saturated rings. The van der Waals surface area contributed by atoms with Crippen molar-refractivity contribution >= 4 is 59.9 Å². The van der Waals surface area contributed by atoms with Crippen LogP contribution in [-0.4, -0.2) is 15.0 Å². The highest BCUT2D eigenvalue weighted by Gasteiger charge is 2.15. The molecule has 7 heteroatoms. The van der Waals surface area contributed by atoms with Crippen molar-refractivity contribution in [3.8, 4) is 10.7 Å². The molecule has 2 aromatic heterocycles. The van der Waals surface area contributed by atoms with Crippen LogP contribution in [0.2, 0.25) is 0 Å². The van der Waals surface area contributed by atoms with E-state index in [-0.39, 0.29) is 0 Å². The van der Waals surface area contributed by atoms with Gasteiger partial charge in [0.2, 0.25) is 0 Å². The van der Waals surface area contributed by atoms with E-state index in [4.69, 9.17) is 5.73 Å². The third-order valence-corrected chi connectivity index (χ3v) is 4.99. The van der Waals surface area contributed by atoms with Crippen molar-refractivity contribution in [1.29, 1.82) is 0 Å². The number of rotatable bonds is 1. The summed E-state index contributed by atoms with van der Waals surface area (Å²) in [5.41, 5.74) is 7.82. The highest BCUT2D eigenvalue weighted by Crippen LogP contribution is 2.34. The molecule has 2 N–H and O–H groups in total. The van der Waals surface area contributed by atoms with Crippen molar-refractivity contribution in [3.63, 3.8) is 0 Å². The molecule has 3 rings (SSSR count). The van der Waals surface area contributed by atoms with Crippen LogP contribution in [0.5, 0.6) is 0 Å². The van der Waals surface area contributed by atoms with Crippen LogP contribution >= 0.6 is 43.2 Å². The number of hydrogen-bond donors (Lipinski definition) is 1. The number of hydrogen-bond acceptors (Lipinski definition) is 5. The highest BCUT2D eigenvalue weighted by molar-refractivity contribution is 9.11. The van der Waals surface area contributed by atoms with Gasteiger partial charge in [-0.25, -0.2) is 15.0 Å². The number of benzene rings is 1. The fourth-order valence-corrected chi connectivity index (χ4v) is 4.19. The van der Waals surface area contributed by atoms with Crippen molar-refractivity contribution in [2.45, 2.75) is 13.8 Å². The summed E-state index contributed by atoms with van der Waals surface area (Å²) in [4.78, 5) is 14.4. The first-order valence-corrected chi connectivity index (χ1v) is 8.22. The van der Waals surface area contributed by atoms with Crippen LogP contribution < -0.4 is 5.73 Å². The third-order valence-electron chi connectivity index (χ3n) is 2.85. The minimum atomic E-state index is 0.470. The predicted molar refractivity (Wildman–Crippen MR) is 89.9 cm³/mol. The summed E-state index contributed by atoms with van der Waals surface area (Å²) in [5, 5.41) is 1.82. The predicted octanol–water partition coefficient (Wildman–Crippen LogP) is 4.48. The van der Waals surface area contributed by atoms with E-state index in [1.54, 1.807) is 11.3 Å². The number of nitrogens with two attached hydrogens (primary N) is 1. The average molecular weight is 414 g/mol. The van der Waals surface area contributed by atoms with Gasteiger partial charge in [-0.3, -0.25) is 0 Å². The molecule has 0 saturated carbocycles. The molecule has 1 aromatic carbocycles. The number of aromatic nitrogens is 3. The van der Waals surface area contributed by atoms with Gasteiger partial charge in [-0.2, -0.15) is 0 Å². The van der Waals surface area contributed by atoms with Gasteiger partial charge in [-0.15, -0.1) is 11.3 Å². The van der Waals surface area contributed by atoms with Gasteiger partial charge < -0.3 is 5.73 Å². The van der Waals surface area contributed by atoms with Crippen molar-refractivity contribution in [3.05, 3.63) is 31.8 Å². The summed E-state index contributed by atoms with van der Waals surface area (Å²) in [7, 11) is 0. The molecule has 0 aliphatic heterocycles. The van der Waals surface area contributed by atoms with Crippen molar-refractivity contribution in [1.82, 2.24) is 15.0 Å². The van der Waals surface area contributed by atoms with Gasteiger partial charge in [0.25, 0.3) is 0 Å². The SMILES string of the molecule is Cc1nc(C)c(-c2nc(N)c3cc(Br)cc(Br)c3n2)s1. The molecule has 0 aliphatic rings. The van der Waals surface area contributed by atoms with Crippen molar-refractivity contribution in [2.24, 2.45) is 0 Å². The number of halogens is 2. The Morgan fingerprint density at radius 2 is 1.85 bits per heavy atom. The molecule has 0 atom stereocenters. The second kappa shape index (κ2) is 5.05. The van der Waals surface area contributed by atoms with Gasteiger partial charge in [0.15, 0.2) is 5.82 Å². The Labute approximate surface area is 136 Å². The highest BCUT2D eigenvalue weighted by atomic mass is 79.9. The zero-order valence-electron chi connectivity index (χ0n) is 10.7. The van der Waals surface area contributed by atoms with Crippen LogP contribution in [0.4, 0.5) is 5.82 Å². The number of thiazole rings is 1. The minimum absolute atomic E-state index is 0.470. The fourth-order valence-electron chi connectivity index (χ4n) is 2.02. The Hall–Kier alpha value is -1.05. The van der Waals surface area contributed by atoms with Crippen LogP contribution in [0.1, 0.15) is 10.7 Å². The average Bonchev–Trinajstić information content (AvgIpc) is 2.69. The van der Waals surface area contributed by atoms with E-state index in [0.717, 1.165) is 35.4 Å². The first-order valence-electron chi connectivity index (χ1n) is 5.82. The number of nitrogen functional groups attached to an aromatic ring is 1. The van der Waals surface area contributed by atoms with E-state index in [0.29, 0.717) is 11.6 Å². The van der Waals surface area contributed by atoms with Gasteiger partial charge >= 0.3 is 0 Å². The Morgan fingerprint density at radius 1 is 1.10 bits per heavy atom. The van der Waals surface area contributed by atoms with E-state index in [1.807, 2.05) is 26.0 Å². The standard InChI is InChI=1S/C13H10Br2N4S/c1-5-11(20-6(2)17-5)13-18-10-8(12(16)19-13)3-7(14)4-9(10)15/h3-4H,1-2H3,(H2,16,18,19). The Kier molecular flexibility index (Phi) is 3.51. The normalized spacial score (nSPS) is 11.2. The Morgan fingerprint density at radius 3 is 2.50 bits per heavy atom. The minimum Gasteiger partial charge on any atom is -0.383 e. The number of anilines is 1. The van der Waals surface area contributed by atoms with E-state index >= 15 is 0 Å². The van der Waals surface area contributed by atoms with Crippen LogP contribution in [0.15, 0.2) is 21.1 Å². The molecule has 4 nitrogen and oxygen atoms in total. The summed E-state index contributed by atoms with van der Waals surface area (Å²) < 4.78 is 1.82. The number of fused-ring (bicyclic) bond motifs is 1. The second-order valence-corrected chi connectivity index (χ2v) is 7.34. The quantitative estimate of drug-likeness (QED) is 0.638.